The molecule has 0 bridgehead atoms. The van der Waals surface area contributed by atoms with E-state index >= 15 is 0 Å². The van der Waals surface area contributed by atoms with Crippen LogP contribution in [-0.2, 0) is 4.79 Å². The van der Waals surface area contributed by atoms with Gasteiger partial charge in [-0.15, -0.1) is 0 Å². The van der Waals surface area contributed by atoms with E-state index in [1.54, 1.807) is 11.1 Å². The van der Waals surface area contributed by atoms with E-state index in [-0.39, 0.29) is 12.0 Å². The van der Waals surface area contributed by atoms with Crippen molar-refractivity contribution in [3.05, 3.63) is 60.0 Å². The minimum atomic E-state index is -0.104. The summed E-state index contributed by atoms with van der Waals surface area (Å²) in [6.07, 6.45) is 7.54. The predicted molar refractivity (Wildman–Crippen MR) is 120 cm³/mol. The quantitative estimate of drug-likeness (QED) is 0.575. The maximum atomic E-state index is 11.8. The number of ether oxygens (including phenoxy) is 1. The molecule has 1 N–H and O–H groups in total. The van der Waals surface area contributed by atoms with Crippen molar-refractivity contribution in [2.75, 3.05) is 18.4 Å². The Labute approximate surface area is 185 Å². The van der Waals surface area contributed by atoms with Gasteiger partial charge in [0.2, 0.25) is 11.8 Å². The number of nitrogens with one attached hydrogen (secondary N) is 1. The van der Waals surface area contributed by atoms with Gasteiger partial charge in [-0.1, -0.05) is 18.2 Å². The molecule has 2 aromatic heterocycles. The fourth-order valence-electron chi connectivity index (χ4n) is 3.89. The second-order valence-electron chi connectivity index (χ2n) is 7.91. The van der Waals surface area contributed by atoms with E-state index in [0.717, 1.165) is 28.0 Å². The molecule has 1 saturated carbocycles. The summed E-state index contributed by atoms with van der Waals surface area (Å²) in [6, 6.07) is 7.81. The number of rotatable bonds is 6. The van der Waals surface area contributed by atoms with Crippen molar-refractivity contribution in [2.45, 2.75) is 31.3 Å². The number of nitrogens with zero attached hydrogens (tertiary/aromatic N) is 4. The van der Waals surface area contributed by atoms with Crippen LogP contribution >= 0.6 is 11.6 Å². The molecule has 1 amide bonds. The van der Waals surface area contributed by atoms with Gasteiger partial charge >= 0.3 is 0 Å². The molecule has 1 unspecified atom stereocenters. The molecule has 3 aromatic rings. The molecule has 0 radical (unpaired) electrons. The number of fused-ring (bicyclic) bond motifs is 1. The monoisotopic (exact) mass is 435 g/mol. The van der Waals surface area contributed by atoms with E-state index < -0.39 is 0 Å². The van der Waals surface area contributed by atoms with Crippen LogP contribution < -0.4 is 10.1 Å². The van der Waals surface area contributed by atoms with Crippen molar-refractivity contribution in [3.8, 4) is 5.88 Å². The number of hydrogen-bond acceptors (Lipinski definition) is 6. The second-order valence-corrected chi connectivity index (χ2v) is 8.32. The number of amides is 1. The standard InChI is InChI=1S/C23H22ClN5O2/c1-2-22(30)29-8-7-16(12-29)31-21-10-18-20(11-25-21)26-13-27-23(18)28-15-5-6-19(24)17(9-15)14-3-4-14/h2,5-6,9-11,13-14,16H,1,3-4,7-8,12H2,(H,26,27,28). The Morgan fingerprint density at radius 2 is 2.10 bits per heavy atom. The first-order valence-corrected chi connectivity index (χ1v) is 10.7. The van der Waals surface area contributed by atoms with Crippen LogP contribution in [0.1, 0.15) is 30.7 Å². The molecule has 1 aromatic carbocycles. The van der Waals surface area contributed by atoms with Crippen LogP contribution in [0.3, 0.4) is 0 Å². The van der Waals surface area contributed by atoms with Crippen molar-refractivity contribution in [3.63, 3.8) is 0 Å². The van der Waals surface area contributed by atoms with E-state index in [1.165, 1.54) is 30.8 Å². The van der Waals surface area contributed by atoms with E-state index in [0.29, 0.717) is 30.7 Å². The number of anilines is 2. The molecule has 1 saturated heterocycles. The molecule has 2 aliphatic rings. The topological polar surface area (TPSA) is 80.2 Å². The summed E-state index contributed by atoms with van der Waals surface area (Å²) in [5, 5.41) is 5.01. The minimum absolute atomic E-state index is 0.0778. The average molecular weight is 436 g/mol. The Kier molecular flexibility index (Phi) is 5.19. The summed E-state index contributed by atoms with van der Waals surface area (Å²) < 4.78 is 6.05. The van der Waals surface area contributed by atoms with E-state index in [9.17, 15) is 4.79 Å². The fourth-order valence-corrected chi connectivity index (χ4v) is 4.17. The highest BCUT2D eigenvalue weighted by atomic mass is 35.5. The van der Waals surface area contributed by atoms with Gasteiger partial charge in [0.1, 0.15) is 18.2 Å². The third-order valence-corrected chi connectivity index (χ3v) is 6.04. The number of halogens is 1. The Morgan fingerprint density at radius 3 is 2.90 bits per heavy atom. The van der Waals surface area contributed by atoms with Gasteiger partial charge in [0.25, 0.3) is 0 Å². The van der Waals surface area contributed by atoms with Gasteiger partial charge in [0, 0.05) is 35.1 Å². The molecule has 1 atom stereocenters. The molecule has 8 heteroatoms. The highest BCUT2D eigenvalue weighted by molar-refractivity contribution is 6.31. The van der Waals surface area contributed by atoms with Gasteiger partial charge in [-0.05, 0) is 48.6 Å². The van der Waals surface area contributed by atoms with Gasteiger partial charge < -0.3 is 15.0 Å². The Morgan fingerprint density at radius 1 is 1.23 bits per heavy atom. The summed E-state index contributed by atoms with van der Waals surface area (Å²) in [5.74, 6) is 1.64. The number of carbonyl (C=O) groups is 1. The van der Waals surface area contributed by atoms with Gasteiger partial charge in [-0.2, -0.15) is 0 Å². The van der Waals surface area contributed by atoms with Crippen molar-refractivity contribution in [1.29, 1.82) is 0 Å². The molecule has 1 aliphatic carbocycles. The third-order valence-electron chi connectivity index (χ3n) is 5.69. The summed E-state index contributed by atoms with van der Waals surface area (Å²) in [7, 11) is 0. The first-order chi connectivity index (χ1) is 15.1. The highest BCUT2D eigenvalue weighted by Crippen LogP contribution is 2.44. The van der Waals surface area contributed by atoms with E-state index in [2.05, 4.69) is 32.9 Å². The second kappa shape index (κ2) is 8.15. The van der Waals surface area contributed by atoms with Crippen LogP contribution in [0.2, 0.25) is 5.02 Å². The summed E-state index contributed by atoms with van der Waals surface area (Å²) in [4.78, 5) is 26.7. The lowest BCUT2D eigenvalue weighted by Crippen LogP contribution is -2.29. The molecular formula is C23H22ClN5O2. The Balaban J connectivity index is 1.38. The smallest absolute Gasteiger partial charge is 0.246 e. The predicted octanol–water partition coefficient (Wildman–Crippen LogP) is 4.46. The summed E-state index contributed by atoms with van der Waals surface area (Å²) in [6.45, 7) is 4.72. The van der Waals surface area contributed by atoms with Crippen molar-refractivity contribution >= 4 is 39.9 Å². The zero-order chi connectivity index (χ0) is 21.4. The average Bonchev–Trinajstić information content (AvgIpc) is 3.53. The lowest BCUT2D eigenvalue weighted by atomic mass is 10.1. The molecular weight excluding hydrogens is 414 g/mol. The van der Waals surface area contributed by atoms with Crippen LogP contribution in [0.15, 0.2) is 49.4 Å². The van der Waals surface area contributed by atoms with Crippen molar-refractivity contribution in [1.82, 2.24) is 19.9 Å². The molecule has 158 valence electrons. The van der Waals surface area contributed by atoms with Crippen LogP contribution in [0.4, 0.5) is 11.5 Å². The van der Waals surface area contributed by atoms with Crippen LogP contribution in [0, 0.1) is 0 Å². The lowest BCUT2D eigenvalue weighted by Gasteiger charge is -2.16. The number of hydrogen-bond donors (Lipinski definition) is 1. The lowest BCUT2D eigenvalue weighted by molar-refractivity contribution is -0.125. The maximum absolute atomic E-state index is 11.8. The SMILES string of the molecule is C=CC(=O)N1CCC(Oc2cc3c(Nc4ccc(Cl)c(C5CC5)c4)ncnc3cn2)C1. The van der Waals surface area contributed by atoms with E-state index in [1.807, 2.05) is 18.2 Å². The van der Waals surface area contributed by atoms with Crippen molar-refractivity contribution < 1.29 is 9.53 Å². The van der Waals surface area contributed by atoms with E-state index in [4.69, 9.17) is 16.3 Å². The van der Waals surface area contributed by atoms with Crippen LogP contribution in [-0.4, -0.2) is 45.0 Å². The largest absolute Gasteiger partial charge is 0.472 e. The molecule has 7 nitrogen and oxygen atoms in total. The third kappa shape index (κ3) is 4.18. The number of likely N-dealkylation sites (tertiary alicyclic amines) is 1. The maximum Gasteiger partial charge on any atom is 0.246 e. The number of benzene rings is 1. The number of aromatic nitrogens is 3. The van der Waals surface area contributed by atoms with Gasteiger partial charge in [0.15, 0.2) is 0 Å². The summed E-state index contributed by atoms with van der Waals surface area (Å²) >= 11 is 6.36. The van der Waals surface area contributed by atoms with Crippen LogP contribution in [0.25, 0.3) is 10.9 Å². The van der Waals surface area contributed by atoms with Gasteiger partial charge in [-0.3, -0.25) is 4.79 Å². The molecule has 31 heavy (non-hydrogen) atoms. The molecule has 1 aliphatic heterocycles. The molecule has 0 spiro atoms. The fraction of sp³-hybridized carbons (Fsp3) is 0.304. The number of pyridine rings is 1. The highest BCUT2D eigenvalue weighted by Gasteiger charge is 2.27. The van der Waals surface area contributed by atoms with Gasteiger partial charge in [-0.25, -0.2) is 15.0 Å². The zero-order valence-corrected chi connectivity index (χ0v) is 17.7. The first kappa shape index (κ1) is 19.8. The zero-order valence-electron chi connectivity index (χ0n) is 16.9. The first-order valence-electron chi connectivity index (χ1n) is 10.4. The molecule has 5 rings (SSSR count). The minimum Gasteiger partial charge on any atom is -0.472 e. The Hall–Kier alpha value is -3.19. The van der Waals surface area contributed by atoms with Gasteiger partial charge in [0.05, 0.1) is 18.3 Å². The summed E-state index contributed by atoms with van der Waals surface area (Å²) in [5.41, 5.74) is 2.83. The molecule has 2 fully saturated rings. The number of carbonyl (C=O) groups excluding carboxylic acids is 1. The Bertz CT molecular complexity index is 1160. The van der Waals surface area contributed by atoms with Crippen LogP contribution in [0.5, 0.6) is 5.88 Å². The molecule has 3 heterocycles. The normalized spacial score (nSPS) is 18.2. The van der Waals surface area contributed by atoms with Crippen molar-refractivity contribution in [2.24, 2.45) is 0 Å².